The van der Waals surface area contributed by atoms with Crippen LogP contribution in [0.4, 0.5) is 0 Å². The number of allylic oxidation sites excluding steroid dienone is 1. The van der Waals surface area contributed by atoms with Crippen LogP contribution in [0.5, 0.6) is 17.4 Å². The Kier molecular flexibility index (Phi) is 4.79. The first-order valence-corrected chi connectivity index (χ1v) is 9.28. The van der Waals surface area contributed by atoms with Crippen LogP contribution in [-0.2, 0) is 0 Å². The molecule has 4 rings (SSSR count). The van der Waals surface area contributed by atoms with Crippen molar-refractivity contribution in [1.82, 2.24) is 10.2 Å². The van der Waals surface area contributed by atoms with E-state index in [1.165, 1.54) is 6.07 Å². The van der Waals surface area contributed by atoms with Crippen molar-refractivity contribution in [1.29, 1.82) is 5.26 Å². The van der Waals surface area contributed by atoms with Gasteiger partial charge in [0.25, 0.3) is 0 Å². The number of aromatic hydroxyl groups is 1. The van der Waals surface area contributed by atoms with Gasteiger partial charge in [-0.2, -0.15) is 5.26 Å². The first-order valence-electron chi connectivity index (χ1n) is 8.91. The number of hydrogen-bond donors (Lipinski definition) is 3. The second kappa shape index (κ2) is 7.41. The zero-order chi connectivity index (χ0) is 20.5. The van der Waals surface area contributed by atoms with E-state index in [4.69, 9.17) is 26.8 Å². The second-order valence-corrected chi connectivity index (χ2v) is 6.84. The molecule has 0 fully saturated rings. The number of hydrogen-bond acceptors (Lipinski definition) is 6. The molecule has 0 bridgehead atoms. The van der Waals surface area contributed by atoms with Gasteiger partial charge in [0.05, 0.1) is 23.8 Å². The lowest BCUT2D eigenvalue weighted by Gasteiger charge is -2.24. The third-order valence-electron chi connectivity index (χ3n) is 4.67. The molecular formula is C21H17ClN4O3. The highest BCUT2D eigenvalue weighted by molar-refractivity contribution is 6.30. The SMILES string of the molecule is CCOc1cccc(-c2[nH]nc3c2C(c2cc(Cl)ccc2O)C(C#N)=C(N)O3)c1. The maximum absolute atomic E-state index is 10.5. The molecule has 4 N–H and O–H groups in total. The van der Waals surface area contributed by atoms with Crippen molar-refractivity contribution in [2.24, 2.45) is 5.73 Å². The van der Waals surface area contributed by atoms with Crippen molar-refractivity contribution in [3.63, 3.8) is 0 Å². The van der Waals surface area contributed by atoms with E-state index in [1.807, 2.05) is 31.2 Å². The third-order valence-corrected chi connectivity index (χ3v) is 4.91. The predicted octanol–water partition coefficient (Wildman–Crippen LogP) is 4.05. The van der Waals surface area contributed by atoms with E-state index in [1.54, 1.807) is 12.1 Å². The standard InChI is InChI=1S/C21H17ClN4O3/c1-2-28-13-5-3-4-11(8-13)19-18-17(14-9-12(22)6-7-16(14)27)15(10-23)20(24)29-21(18)26-25-19/h3-9,17,27H,2,24H2,1H3,(H,25,26). The summed E-state index contributed by atoms with van der Waals surface area (Å²) in [6.07, 6.45) is 0. The Labute approximate surface area is 171 Å². The summed E-state index contributed by atoms with van der Waals surface area (Å²) in [7, 11) is 0. The molecule has 0 saturated heterocycles. The van der Waals surface area contributed by atoms with Gasteiger partial charge in [0.2, 0.25) is 11.8 Å². The van der Waals surface area contributed by atoms with Crippen molar-refractivity contribution < 1.29 is 14.6 Å². The van der Waals surface area contributed by atoms with Gasteiger partial charge in [0.15, 0.2) is 0 Å². The highest BCUT2D eigenvalue weighted by Crippen LogP contribution is 2.48. The highest BCUT2D eigenvalue weighted by atomic mass is 35.5. The van der Waals surface area contributed by atoms with Gasteiger partial charge in [-0.15, -0.1) is 5.10 Å². The van der Waals surface area contributed by atoms with E-state index in [0.29, 0.717) is 34.2 Å². The number of H-pyrrole nitrogens is 1. The Morgan fingerprint density at radius 3 is 2.93 bits per heavy atom. The molecule has 0 saturated carbocycles. The number of fused-ring (bicyclic) bond motifs is 1. The maximum Gasteiger partial charge on any atom is 0.244 e. The Morgan fingerprint density at radius 1 is 1.34 bits per heavy atom. The van der Waals surface area contributed by atoms with E-state index in [9.17, 15) is 10.4 Å². The molecule has 146 valence electrons. The van der Waals surface area contributed by atoms with E-state index < -0.39 is 5.92 Å². The molecule has 3 aromatic rings. The normalized spacial score (nSPS) is 15.4. The minimum absolute atomic E-state index is 0.0111. The smallest absolute Gasteiger partial charge is 0.244 e. The molecule has 1 aliphatic rings. The average molecular weight is 409 g/mol. The summed E-state index contributed by atoms with van der Waals surface area (Å²) in [5.74, 6) is 0.158. The number of benzene rings is 2. The van der Waals surface area contributed by atoms with E-state index in [-0.39, 0.29) is 23.1 Å². The van der Waals surface area contributed by atoms with Crippen LogP contribution in [0.25, 0.3) is 11.3 Å². The number of aromatic nitrogens is 2. The number of aromatic amines is 1. The maximum atomic E-state index is 10.5. The predicted molar refractivity (Wildman–Crippen MR) is 108 cm³/mol. The fraction of sp³-hybridized carbons (Fsp3) is 0.143. The number of halogens is 1. The summed E-state index contributed by atoms with van der Waals surface area (Å²) in [5, 5.41) is 27.9. The van der Waals surface area contributed by atoms with Crippen molar-refractivity contribution >= 4 is 11.6 Å². The lowest BCUT2D eigenvalue weighted by Crippen LogP contribution is -2.21. The zero-order valence-corrected chi connectivity index (χ0v) is 16.2. The number of nitriles is 1. The molecule has 0 amide bonds. The third kappa shape index (κ3) is 3.24. The molecule has 1 unspecified atom stereocenters. The number of phenols is 1. The van der Waals surface area contributed by atoms with Crippen molar-refractivity contribution in [3.8, 4) is 34.7 Å². The van der Waals surface area contributed by atoms with E-state index >= 15 is 0 Å². The molecule has 2 aromatic carbocycles. The van der Waals surface area contributed by atoms with Gasteiger partial charge in [0.1, 0.15) is 23.1 Å². The zero-order valence-electron chi connectivity index (χ0n) is 15.4. The van der Waals surface area contributed by atoms with Crippen LogP contribution in [0.2, 0.25) is 5.02 Å². The molecule has 1 aromatic heterocycles. The van der Waals surface area contributed by atoms with Gasteiger partial charge < -0.3 is 20.3 Å². The van der Waals surface area contributed by atoms with Crippen LogP contribution in [0.3, 0.4) is 0 Å². The van der Waals surface area contributed by atoms with Crippen molar-refractivity contribution in [3.05, 3.63) is 70.1 Å². The van der Waals surface area contributed by atoms with Gasteiger partial charge in [0, 0.05) is 16.1 Å². The lowest BCUT2D eigenvalue weighted by atomic mass is 9.82. The van der Waals surface area contributed by atoms with Crippen LogP contribution in [0.15, 0.2) is 53.9 Å². The first kappa shape index (κ1) is 18.7. The summed E-state index contributed by atoms with van der Waals surface area (Å²) in [6.45, 7) is 2.44. The summed E-state index contributed by atoms with van der Waals surface area (Å²) in [4.78, 5) is 0. The second-order valence-electron chi connectivity index (χ2n) is 6.41. The Bertz CT molecular complexity index is 1160. The number of nitrogens with zero attached hydrogens (tertiary/aromatic N) is 2. The molecule has 1 atom stereocenters. The highest BCUT2D eigenvalue weighted by Gasteiger charge is 2.37. The minimum Gasteiger partial charge on any atom is -0.508 e. The molecule has 8 heteroatoms. The number of phenolic OH excluding ortho intramolecular Hbond substituents is 1. The molecule has 0 aliphatic carbocycles. The fourth-order valence-electron chi connectivity index (χ4n) is 3.44. The molecule has 2 heterocycles. The first-order chi connectivity index (χ1) is 14.0. The van der Waals surface area contributed by atoms with Gasteiger partial charge in [-0.05, 0) is 37.3 Å². The largest absolute Gasteiger partial charge is 0.508 e. The summed E-state index contributed by atoms with van der Waals surface area (Å²) >= 11 is 6.16. The van der Waals surface area contributed by atoms with Gasteiger partial charge in [-0.3, -0.25) is 5.10 Å². The van der Waals surface area contributed by atoms with Crippen LogP contribution in [0, 0.1) is 11.3 Å². The van der Waals surface area contributed by atoms with Gasteiger partial charge >= 0.3 is 0 Å². The van der Waals surface area contributed by atoms with Crippen LogP contribution >= 0.6 is 11.6 Å². The topological polar surface area (TPSA) is 117 Å². The minimum atomic E-state index is -0.702. The van der Waals surface area contributed by atoms with Gasteiger partial charge in [-0.25, -0.2) is 0 Å². The fourth-order valence-corrected chi connectivity index (χ4v) is 3.62. The number of nitrogens with one attached hydrogen (secondary N) is 1. The molecule has 0 spiro atoms. The van der Waals surface area contributed by atoms with Crippen LogP contribution in [-0.4, -0.2) is 21.9 Å². The Balaban J connectivity index is 1.94. The summed E-state index contributed by atoms with van der Waals surface area (Å²) in [5.41, 5.74) is 8.58. The molecule has 29 heavy (non-hydrogen) atoms. The van der Waals surface area contributed by atoms with Crippen molar-refractivity contribution in [2.45, 2.75) is 12.8 Å². The van der Waals surface area contributed by atoms with Gasteiger partial charge in [-0.1, -0.05) is 23.7 Å². The Morgan fingerprint density at radius 2 is 2.17 bits per heavy atom. The Hall–Kier alpha value is -3.63. The van der Waals surface area contributed by atoms with Crippen molar-refractivity contribution in [2.75, 3.05) is 6.61 Å². The molecular weight excluding hydrogens is 392 g/mol. The van der Waals surface area contributed by atoms with Crippen LogP contribution < -0.4 is 15.2 Å². The van der Waals surface area contributed by atoms with E-state index in [2.05, 4.69) is 16.3 Å². The van der Waals surface area contributed by atoms with Crippen LogP contribution in [0.1, 0.15) is 24.0 Å². The quantitative estimate of drug-likeness (QED) is 0.599. The lowest BCUT2D eigenvalue weighted by molar-refractivity contribution is 0.340. The molecule has 7 nitrogen and oxygen atoms in total. The average Bonchev–Trinajstić information content (AvgIpc) is 3.12. The molecule has 0 radical (unpaired) electrons. The molecule has 1 aliphatic heterocycles. The monoisotopic (exact) mass is 408 g/mol. The summed E-state index contributed by atoms with van der Waals surface area (Å²) < 4.78 is 11.2. The van der Waals surface area contributed by atoms with E-state index in [0.717, 1.165) is 5.56 Å². The number of ether oxygens (including phenoxy) is 2. The summed E-state index contributed by atoms with van der Waals surface area (Å²) in [6, 6.07) is 14.2. The number of nitrogens with two attached hydrogens (primary N) is 1. The number of rotatable bonds is 4.